The zero-order valence-electron chi connectivity index (χ0n) is 9.82. The maximum Gasteiger partial charge on any atom is 0.224 e. The van der Waals surface area contributed by atoms with Crippen molar-refractivity contribution >= 4 is 23.4 Å². The van der Waals surface area contributed by atoms with E-state index in [2.05, 4.69) is 5.32 Å². The van der Waals surface area contributed by atoms with Gasteiger partial charge in [0.1, 0.15) is 0 Å². The van der Waals surface area contributed by atoms with Crippen LogP contribution in [0.5, 0.6) is 0 Å². The Labute approximate surface area is 106 Å². The van der Waals surface area contributed by atoms with Crippen LogP contribution in [-0.2, 0) is 11.2 Å². The fraction of sp³-hybridized carbons (Fsp3) is 0.462. The van der Waals surface area contributed by atoms with E-state index in [0.29, 0.717) is 18.0 Å². The van der Waals surface area contributed by atoms with Gasteiger partial charge < -0.3 is 11.1 Å². The molecule has 1 aliphatic rings. The van der Waals surface area contributed by atoms with E-state index in [1.54, 1.807) is 0 Å². The summed E-state index contributed by atoms with van der Waals surface area (Å²) in [5.74, 6) is 3.16. The Morgan fingerprint density at radius 3 is 3.12 bits per heavy atom. The Balaban J connectivity index is 1.76. The summed E-state index contributed by atoms with van der Waals surface area (Å²) in [6, 6.07) is 7.50. The Morgan fingerprint density at radius 2 is 2.41 bits per heavy atom. The Kier molecular flexibility index (Phi) is 4.31. The van der Waals surface area contributed by atoms with Crippen LogP contribution in [0.4, 0.5) is 5.69 Å². The summed E-state index contributed by atoms with van der Waals surface area (Å²) in [4.78, 5) is 11.7. The summed E-state index contributed by atoms with van der Waals surface area (Å²) >= 11 is 1.97. The number of nitrogen functional groups attached to an aromatic ring is 1. The van der Waals surface area contributed by atoms with Crippen LogP contribution in [0.2, 0.25) is 0 Å². The largest absolute Gasteiger partial charge is 0.399 e. The van der Waals surface area contributed by atoms with Crippen LogP contribution in [0.1, 0.15) is 12.0 Å². The fourth-order valence-corrected chi connectivity index (χ4v) is 3.24. The van der Waals surface area contributed by atoms with Gasteiger partial charge in [-0.15, -0.1) is 0 Å². The fourth-order valence-electron chi connectivity index (χ4n) is 1.95. The summed E-state index contributed by atoms with van der Waals surface area (Å²) in [6.07, 6.45) is 1.65. The molecule has 0 radical (unpaired) electrons. The number of hydrogen-bond acceptors (Lipinski definition) is 3. The summed E-state index contributed by atoms with van der Waals surface area (Å²) < 4.78 is 0. The molecule has 0 aliphatic carbocycles. The summed E-state index contributed by atoms with van der Waals surface area (Å²) in [5, 5.41) is 3.00. The van der Waals surface area contributed by atoms with Gasteiger partial charge in [0.2, 0.25) is 5.91 Å². The van der Waals surface area contributed by atoms with Crippen LogP contribution in [0.25, 0.3) is 0 Å². The molecule has 1 heterocycles. The van der Waals surface area contributed by atoms with E-state index in [9.17, 15) is 4.79 Å². The van der Waals surface area contributed by atoms with Crippen LogP contribution in [0.15, 0.2) is 24.3 Å². The van der Waals surface area contributed by atoms with Gasteiger partial charge in [-0.1, -0.05) is 12.1 Å². The van der Waals surface area contributed by atoms with E-state index < -0.39 is 0 Å². The number of benzene rings is 1. The lowest BCUT2D eigenvalue weighted by Crippen LogP contribution is -2.30. The number of hydrogen-bond donors (Lipinski definition) is 2. The maximum atomic E-state index is 11.7. The second-order valence-electron chi connectivity index (χ2n) is 4.46. The zero-order chi connectivity index (χ0) is 12.1. The number of rotatable bonds is 4. The standard InChI is InChI=1S/C13H18N2OS/c14-12-3-1-2-10(6-12)7-13(16)15-8-11-4-5-17-9-11/h1-3,6,11H,4-5,7-9,14H2,(H,15,16). The van der Waals surface area contributed by atoms with Crippen molar-refractivity contribution in [3.05, 3.63) is 29.8 Å². The van der Waals surface area contributed by atoms with Gasteiger partial charge in [-0.3, -0.25) is 4.79 Å². The van der Waals surface area contributed by atoms with Crippen LogP contribution in [0, 0.1) is 5.92 Å². The molecule has 1 aliphatic heterocycles. The van der Waals surface area contributed by atoms with Crippen LogP contribution < -0.4 is 11.1 Å². The zero-order valence-corrected chi connectivity index (χ0v) is 10.6. The summed E-state index contributed by atoms with van der Waals surface area (Å²) in [5.41, 5.74) is 7.36. The third-order valence-corrected chi connectivity index (χ3v) is 4.16. The molecule has 1 atom stereocenters. The molecule has 1 saturated heterocycles. The molecule has 3 nitrogen and oxygen atoms in total. The smallest absolute Gasteiger partial charge is 0.224 e. The molecule has 92 valence electrons. The molecule has 17 heavy (non-hydrogen) atoms. The van der Waals surface area contributed by atoms with Crippen LogP contribution in [-0.4, -0.2) is 24.0 Å². The quantitative estimate of drug-likeness (QED) is 0.799. The number of nitrogens with two attached hydrogens (primary N) is 1. The molecule has 3 N–H and O–H groups in total. The van der Waals surface area contributed by atoms with Gasteiger partial charge in [-0.25, -0.2) is 0 Å². The number of thioether (sulfide) groups is 1. The van der Waals surface area contributed by atoms with Gasteiger partial charge in [-0.05, 0) is 41.5 Å². The molecule has 0 saturated carbocycles. The molecule has 0 bridgehead atoms. The van der Waals surface area contributed by atoms with Gasteiger partial charge in [-0.2, -0.15) is 11.8 Å². The lowest BCUT2D eigenvalue weighted by Gasteiger charge is -2.10. The van der Waals surface area contributed by atoms with Gasteiger partial charge in [0.25, 0.3) is 0 Å². The van der Waals surface area contributed by atoms with Crippen LogP contribution >= 0.6 is 11.8 Å². The molecule has 0 aromatic heterocycles. The van der Waals surface area contributed by atoms with E-state index in [1.807, 2.05) is 36.0 Å². The molecular formula is C13H18N2OS. The van der Waals surface area contributed by atoms with E-state index in [0.717, 1.165) is 12.1 Å². The Bertz CT molecular complexity index is 389. The first kappa shape index (κ1) is 12.3. The predicted octanol–water partition coefficient (Wildman–Crippen LogP) is 1.68. The SMILES string of the molecule is Nc1cccc(CC(=O)NCC2CCSC2)c1. The molecule has 1 aromatic rings. The summed E-state index contributed by atoms with van der Waals surface area (Å²) in [7, 11) is 0. The molecular weight excluding hydrogens is 232 g/mol. The minimum atomic E-state index is 0.0903. The van der Waals surface area contributed by atoms with Gasteiger partial charge >= 0.3 is 0 Å². The minimum absolute atomic E-state index is 0.0903. The molecule has 1 amide bonds. The van der Waals surface area contributed by atoms with Crippen molar-refractivity contribution in [3.63, 3.8) is 0 Å². The lowest BCUT2D eigenvalue weighted by molar-refractivity contribution is -0.120. The molecule has 4 heteroatoms. The van der Waals surface area contributed by atoms with Crippen molar-refractivity contribution in [1.29, 1.82) is 0 Å². The third kappa shape index (κ3) is 3.97. The first-order valence-corrected chi connectivity index (χ1v) is 7.08. The number of anilines is 1. The number of carbonyl (C=O) groups is 1. The number of amides is 1. The van der Waals surface area contributed by atoms with E-state index in [1.165, 1.54) is 17.9 Å². The number of carbonyl (C=O) groups excluding carboxylic acids is 1. The maximum absolute atomic E-state index is 11.7. The van der Waals surface area contributed by atoms with Gasteiger partial charge in [0.15, 0.2) is 0 Å². The third-order valence-electron chi connectivity index (χ3n) is 2.93. The second kappa shape index (κ2) is 5.96. The number of nitrogens with one attached hydrogen (secondary N) is 1. The first-order chi connectivity index (χ1) is 8.24. The normalized spacial score (nSPS) is 19.2. The second-order valence-corrected chi connectivity index (χ2v) is 5.61. The van der Waals surface area contributed by atoms with Gasteiger partial charge in [0, 0.05) is 12.2 Å². The van der Waals surface area contributed by atoms with Crippen LogP contribution in [0.3, 0.4) is 0 Å². The predicted molar refractivity (Wildman–Crippen MR) is 73.0 cm³/mol. The first-order valence-electron chi connectivity index (χ1n) is 5.93. The highest BCUT2D eigenvalue weighted by Crippen LogP contribution is 2.22. The van der Waals surface area contributed by atoms with Crippen molar-refractivity contribution in [1.82, 2.24) is 5.32 Å². The highest BCUT2D eigenvalue weighted by atomic mass is 32.2. The van der Waals surface area contributed by atoms with Crippen molar-refractivity contribution in [2.45, 2.75) is 12.8 Å². The Morgan fingerprint density at radius 1 is 1.53 bits per heavy atom. The van der Waals surface area contributed by atoms with Crippen molar-refractivity contribution in [3.8, 4) is 0 Å². The highest BCUT2D eigenvalue weighted by molar-refractivity contribution is 7.99. The Hall–Kier alpha value is -1.16. The summed E-state index contributed by atoms with van der Waals surface area (Å²) in [6.45, 7) is 0.814. The van der Waals surface area contributed by atoms with E-state index >= 15 is 0 Å². The highest BCUT2D eigenvalue weighted by Gasteiger charge is 2.16. The minimum Gasteiger partial charge on any atom is -0.399 e. The van der Waals surface area contributed by atoms with E-state index in [4.69, 9.17) is 5.73 Å². The van der Waals surface area contributed by atoms with E-state index in [-0.39, 0.29) is 5.91 Å². The molecule has 1 aromatic carbocycles. The average Bonchev–Trinajstić information content (AvgIpc) is 2.79. The topological polar surface area (TPSA) is 55.1 Å². The molecule has 2 rings (SSSR count). The monoisotopic (exact) mass is 250 g/mol. The molecule has 0 spiro atoms. The molecule has 1 fully saturated rings. The molecule has 1 unspecified atom stereocenters. The van der Waals surface area contributed by atoms with Crippen molar-refractivity contribution < 1.29 is 4.79 Å². The van der Waals surface area contributed by atoms with Crippen molar-refractivity contribution in [2.24, 2.45) is 5.92 Å². The average molecular weight is 250 g/mol. The van der Waals surface area contributed by atoms with Crippen molar-refractivity contribution in [2.75, 3.05) is 23.8 Å². The van der Waals surface area contributed by atoms with Gasteiger partial charge in [0.05, 0.1) is 6.42 Å². The lowest BCUT2D eigenvalue weighted by atomic mass is 10.1.